The highest BCUT2D eigenvalue weighted by Crippen LogP contribution is 2.23. The second kappa shape index (κ2) is 11.6. The number of hydrogen-bond acceptors (Lipinski definition) is 5. The molecule has 0 aliphatic heterocycles. The molecule has 2 aromatic carbocycles. The minimum atomic E-state index is -0.164. The highest BCUT2D eigenvalue weighted by molar-refractivity contribution is 5.95. The van der Waals surface area contributed by atoms with Crippen LogP contribution in [0.5, 0.6) is 11.5 Å². The normalized spacial score (nSPS) is 10.1. The van der Waals surface area contributed by atoms with Crippen LogP contribution in [-0.4, -0.2) is 38.9 Å². The zero-order valence-corrected chi connectivity index (χ0v) is 15.6. The largest absolute Gasteiger partial charge is 0.490 e. The van der Waals surface area contributed by atoms with Gasteiger partial charge in [0, 0.05) is 12.3 Å². The topological polar surface area (TPSA) is 68.8 Å². The molecule has 1 amide bonds. The SMILES string of the molecule is C=CCOc1ccc(NCC(=O)Nc2ccccc2OCCOCC)cc1. The van der Waals surface area contributed by atoms with Gasteiger partial charge in [0.1, 0.15) is 24.7 Å². The lowest BCUT2D eigenvalue weighted by Crippen LogP contribution is -2.22. The van der Waals surface area contributed by atoms with Crippen molar-refractivity contribution in [3.8, 4) is 11.5 Å². The first kappa shape index (κ1) is 20.3. The van der Waals surface area contributed by atoms with Crippen LogP contribution in [0.25, 0.3) is 0 Å². The second-order valence-corrected chi connectivity index (χ2v) is 5.57. The van der Waals surface area contributed by atoms with Gasteiger partial charge < -0.3 is 24.8 Å². The lowest BCUT2D eigenvalue weighted by Gasteiger charge is -2.13. The van der Waals surface area contributed by atoms with E-state index in [2.05, 4.69) is 17.2 Å². The van der Waals surface area contributed by atoms with E-state index in [1.165, 1.54) is 0 Å². The Hall–Kier alpha value is -2.99. The molecule has 0 saturated carbocycles. The smallest absolute Gasteiger partial charge is 0.243 e. The van der Waals surface area contributed by atoms with Crippen LogP contribution in [0, 0.1) is 0 Å². The van der Waals surface area contributed by atoms with E-state index >= 15 is 0 Å². The molecule has 0 saturated heterocycles. The van der Waals surface area contributed by atoms with E-state index in [-0.39, 0.29) is 12.5 Å². The van der Waals surface area contributed by atoms with Crippen LogP contribution in [-0.2, 0) is 9.53 Å². The lowest BCUT2D eigenvalue weighted by molar-refractivity contribution is -0.114. The molecule has 0 bridgehead atoms. The van der Waals surface area contributed by atoms with Crippen molar-refractivity contribution in [1.29, 1.82) is 0 Å². The van der Waals surface area contributed by atoms with Crippen molar-refractivity contribution in [3.63, 3.8) is 0 Å². The molecule has 0 unspecified atom stereocenters. The summed E-state index contributed by atoms with van der Waals surface area (Å²) >= 11 is 0. The monoisotopic (exact) mass is 370 g/mol. The zero-order valence-electron chi connectivity index (χ0n) is 15.6. The van der Waals surface area contributed by atoms with Crippen molar-refractivity contribution in [2.75, 3.05) is 43.6 Å². The Bertz CT molecular complexity index is 716. The van der Waals surface area contributed by atoms with Gasteiger partial charge in [-0.1, -0.05) is 24.8 Å². The van der Waals surface area contributed by atoms with Gasteiger partial charge in [0.25, 0.3) is 0 Å². The molecular weight excluding hydrogens is 344 g/mol. The molecule has 0 aliphatic rings. The minimum absolute atomic E-state index is 0.139. The van der Waals surface area contributed by atoms with Gasteiger partial charge in [-0.15, -0.1) is 0 Å². The molecule has 0 aromatic heterocycles. The van der Waals surface area contributed by atoms with Gasteiger partial charge in [-0.05, 0) is 43.3 Å². The van der Waals surface area contributed by atoms with Crippen molar-refractivity contribution in [2.24, 2.45) is 0 Å². The average Bonchev–Trinajstić information content (AvgIpc) is 2.70. The van der Waals surface area contributed by atoms with Gasteiger partial charge in [-0.2, -0.15) is 0 Å². The molecule has 144 valence electrons. The summed E-state index contributed by atoms with van der Waals surface area (Å²) in [6.45, 7) is 7.73. The molecule has 0 radical (unpaired) electrons. The van der Waals surface area contributed by atoms with Crippen molar-refractivity contribution < 1.29 is 19.0 Å². The van der Waals surface area contributed by atoms with E-state index in [1.807, 2.05) is 49.4 Å². The fourth-order valence-electron chi connectivity index (χ4n) is 2.25. The average molecular weight is 370 g/mol. The third kappa shape index (κ3) is 7.42. The van der Waals surface area contributed by atoms with Gasteiger partial charge in [0.15, 0.2) is 0 Å². The number of rotatable bonds is 12. The predicted octanol–water partition coefficient (Wildman–Crippen LogP) is 3.72. The number of anilines is 2. The van der Waals surface area contributed by atoms with Crippen molar-refractivity contribution in [2.45, 2.75) is 6.92 Å². The Labute approximate surface area is 160 Å². The summed E-state index contributed by atoms with van der Waals surface area (Å²) in [4.78, 5) is 12.2. The highest BCUT2D eigenvalue weighted by Gasteiger charge is 2.07. The highest BCUT2D eigenvalue weighted by atomic mass is 16.5. The molecule has 0 spiro atoms. The zero-order chi connectivity index (χ0) is 19.3. The number of nitrogens with one attached hydrogen (secondary N) is 2. The van der Waals surface area contributed by atoms with E-state index in [0.717, 1.165) is 11.4 Å². The van der Waals surface area contributed by atoms with Crippen molar-refractivity contribution >= 4 is 17.3 Å². The third-order valence-corrected chi connectivity index (χ3v) is 3.53. The van der Waals surface area contributed by atoms with E-state index < -0.39 is 0 Å². The number of carbonyl (C=O) groups is 1. The molecule has 0 fully saturated rings. The van der Waals surface area contributed by atoms with Crippen LogP contribution in [0.15, 0.2) is 61.2 Å². The van der Waals surface area contributed by atoms with Crippen LogP contribution in [0.2, 0.25) is 0 Å². The molecule has 2 aromatic rings. The Morgan fingerprint density at radius 1 is 1.07 bits per heavy atom. The van der Waals surface area contributed by atoms with Crippen molar-refractivity contribution in [1.82, 2.24) is 0 Å². The van der Waals surface area contributed by atoms with Crippen LogP contribution in [0.3, 0.4) is 0 Å². The van der Waals surface area contributed by atoms with Crippen molar-refractivity contribution in [3.05, 3.63) is 61.2 Å². The van der Waals surface area contributed by atoms with Gasteiger partial charge in [-0.25, -0.2) is 0 Å². The molecule has 0 aliphatic carbocycles. The molecule has 6 nitrogen and oxygen atoms in total. The number of para-hydroxylation sites is 2. The summed E-state index contributed by atoms with van der Waals surface area (Å²) in [6, 6.07) is 14.7. The predicted molar refractivity (Wildman–Crippen MR) is 108 cm³/mol. The first-order chi connectivity index (χ1) is 13.2. The maximum Gasteiger partial charge on any atom is 0.243 e. The van der Waals surface area contributed by atoms with Gasteiger partial charge >= 0.3 is 0 Å². The van der Waals surface area contributed by atoms with Crippen LogP contribution >= 0.6 is 0 Å². The fraction of sp³-hybridized carbons (Fsp3) is 0.286. The van der Waals surface area contributed by atoms with E-state index in [4.69, 9.17) is 14.2 Å². The summed E-state index contributed by atoms with van der Waals surface area (Å²) in [6.07, 6.45) is 1.69. The number of hydrogen-bond donors (Lipinski definition) is 2. The molecule has 27 heavy (non-hydrogen) atoms. The van der Waals surface area contributed by atoms with Crippen LogP contribution in [0.1, 0.15) is 6.92 Å². The lowest BCUT2D eigenvalue weighted by atomic mass is 10.3. The summed E-state index contributed by atoms with van der Waals surface area (Å²) < 4.78 is 16.4. The first-order valence-corrected chi connectivity index (χ1v) is 8.90. The van der Waals surface area contributed by atoms with E-state index in [9.17, 15) is 4.79 Å². The number of carbonyl (C=O) groups excluding carboxylic acids is 1. The molecule has 2 N–H and O–H groups in total. The quantitative estimate of drug-likeness (QED) is 0.440. The first-order valence-electron chi connectivity index (χ1n) is 8.90. The molecule has 0 heterocycles. The maximum absolute atomic E-state index is 12.2. The van der Waals surface area contributed by atoms with Gasteiger partial charge in [0.05, 0.1) is 18.8 Å². The molecule has 2 rings (SSSR count). The molecular formula is C21H26N2O4. The Morgan fingerprint density at radius 3 is 2.59 bits per heavy atom. The standard InChI is InChI=1S/C21H26N2O4/c1-3-13-26-18-11-9-17(10-12-18)22-16-21(24)23-19-7-5-6-8-20(19)27-15-14-25-4-2/h3,5-12,22H,1,4,13-16H2,2H3,(H,23,24). The second-order valence-electron chi connectivity index (χ2n) is 5.57. The summed E-state index contributed by atoms with van der Waals surface area (Å²) in [5.41, 5.74) is 1.46. The minimum Gasteiger partial charge on any atom is -0.490 e. The number of amides is 1. The Kier molecular flexibility index (Phi) is 8.73. The van der Waals surface area contributed by atoms with Gasteiger partial charge in [-0.3, -0.25) is 4.79 Å². The Balaban J connectivity index is 1.82. The molecule has 6 heteroatoms. The van der Waals surface area contributed by atoms with Crippen LogP contribution < -0.4 is 20.1 Å². The number of ether oxygens (including phenoxy) is 3. The summed E-state index contributed by atoms with van der Waals surface area (Å²) in [5.74, 6) is 1.21. The summed E-state index contributed by atoms with van der Waals surface area (Å²) in [5, 5.41) is 5.94. The fourth-order valence-corrected chi connectivity index (χ4v) is 2.25. The molecule has 0 atom stereocenters. The summed E-state index contributed by atoms with van der Waals surface area (Å²) in [7, 11) is 0. The van der Waals surface area contributed by atoms with Gasteiger partial charge in [0.2, 0.25) is 5.91 Å². The van der Waals surface area contributed by atoms with Crippen LogP contribution in [0.4, 0.5) is 11.4 Å². The number of benzene rings is 2. The third-order valence-electron chi connectivity index (χ3n) is 3.53. The Morgan fingerprint density at radius 2 is 1.85 bits per heavy atom. The van der Waals surface area contributed by atoms with E-state index in [0.29, 0.717) is 37.9 Å². The maximum atomic E-state index is 12.2. The van der Waals surface area contributed by atoms with E-state index in [1.54, 1.807) is 12.1 Å².